The number of nitrogens with one attached hydrogen (secondary N) is 1. The number of nitrogens with zero attached hydrogens (tertiary/aromatic N) is 4. The van der Waals surface area contributed by atoms with E-state index in [1.54, 1.807) is 11.4 Å². The Labute approximate surface area is 190 Å². The van der Waals surface area contributed by atoms with Gasteiger partial charge in [0.25, 0.3) is 0 Å². The molecule has 1 N–H and O–H groups in total. The van der Waals surface area contributed by atoms with Gasteiger partial charge in [-0.25, -0.2) is 0 Å². The molecule has 0 aliphatic rings. The summed E-state index contributed by atoms with van der Waals surface area (Å²) in [6.07, 6.45) is -0.300. The lowest BCUT2D eigenvalue weighted by Crippen LogP contribution is -2.14. The number of benzene rings is 1. The second-order valence-electron chi connectivity index (χ2n) is 8.05. The van der Waals surface area contributed by atoms with Gasteiger partial charge < -0.3 is 14.6 Å². The number of carbonyl (C=O) groups is 1. The molecule has 0 saturated carbocycles. The summed E-state index contributed by atoms with van der Waals surface area (Å²) in [5, 5.41) is 23.2. The van der Waals surface area contributed by atoms with E-state index >= 15 is 0 Å². The smallest absolute Gasteiger partial charge is 0.235 e. The number of aromatic nitrogens is 3. The molecule has 0 bridgehead atoms. The molecule has 2 heterocycles. The highest BCUT2D eigenvalue weighted by Gasteiger charge is 2.19. The lowest BCUT2D eigenvalue weighted by atomic mass is 9.87. The molecular formula is C22H25N5O2S2. The average Bonchev–Trinajstić information content (AvgIpc) is 3.32. The summed E-state index contributed by atoms with van der Waals surface area (Å²) >= 11 is 2.61. The Morgan fingerprint density at radius 2 is 2.00 bits per heavy atom. The molecule has 1 aromatic carbocycles. The third-order valence-electron chi connectivity index (χ3n) is 4.64. The Hall–Kier alpha value is -2.83. The standard InChI is InChI=1S/C22H25N5O2S2/c1-14(29-17-8-6-16(7-9-17)22(2,3)4)19-25-26-21(27(19)5)31-13-18(28)24-20-15(12-23)10-11-30-20/h6-11,14H,13H2,1-5H3,(H,24,28). The normalized spacial score (nSPS) is 12.3. The van der Waals surface area contributed by atoms with E-state index < -0.39 is 0 Å². The highest BCUT2D eigenvalue weighted by atomic mass is 32.2. The summed E-state index contributed by atoms with van der Waals surface area (Å²) in [5.74, 6) is 1.41. The van der Waals surface area contributed by atoms with Crippen molar-refractivity contribution in [1.82, 2.24) is 14.8 Å². The minimum Gasteiger partial charge on any atom is -0.483 e. The second kappa shape index (κ2) is 9.54. The number of nitriles is 1. The monoisotopic (exact) mass is 455 g/mol. The van der Waals surface area contributed by atoms with Crippen LogP contribution in [0.1, 0.15) is 50.8 Å². The van der Waals surface area contributed by atoms with Crippen molar-refractivity contribution in [3.8, 4) is 11.8 Å². The maximum atomic E-state index is 12.2. The van der Waals surface area contributed by atoms with Crippen LogP contribution in [0, 0.1) is 11.3 Å². The van der Waals surface area contributed by atoms with Gasteiger partial charge in [-0.15, -0.1) is 21.5 Å². The number of rotatable bonds is 7. The third-order valence-corrected chi connectivity index (χ3v) is 6.49. The second-order valence-corrected chi connectivity index (χ2v) is 9.90. The van der Waals surface area contributed by atoms with Crippen molar-refractivity contribution < 1.29 is 9.53 Å². The SMILES string of the molecule is CC(Oc1ccc(C(C)(C)C)cc1)c1nnc(SCC(=O)Nc2sccc2C#N)n1C. The maximum Gasteiger partial charge on any atom is 0.235 e. The van der Waals surface area contributed by atoms with Crippen LogP contribution in [0.15, 0.2) is 40.9 Å². The molecular weight excluding hydrogens is 430 g/mol. The van der Waals surface area contributed by atoms with Crippen molar-refractivity contribution in [2.45, 2.75) is 44.4 Å². The zero-order valence-electron chi connectivity index (χ0n) is 18.2. The fourth-order valence-corrected chi connectivity index (χ4v) is 4.35. The third kappa shape index (κ3) is 5.66. The first kappa shape index (κ1) is 22.8. The van der Waals surface area contributed by atoms with Crippen molar-refractivity contribution in [3.05, 3.63) is 52.7 Å². The number of ether oxygens (including phenoxy) is 1. The van der Waals surface area contributed by atoms with Gasteiger partial charge in [0.15, 0.2) is 17.1 Å². The van der Waals surface area contributed by atoms with Crippen LogP contribution in [0.3, 0.4) is 0 Å². The van der Waals surface area contributed by atoms with Crippen LogP contribution in [0.5, 0.6) is 5.75 Å². The lowest BCUT2D eigenvalue weighted by molar-refractivity contribution is -0.113. The van der Waals surface area contributed by atoms with Crippen LogP contribution >= 0.6 is 23.1 Å². The summed E-state index contributed by atoms with van der Waals surface area (Å²) in [6, 6.07) is 11.8. The van der Waals surface area contributed by atoms with Gasteiger partial charge in [0.1, 0.15) is 16.8 Å². The van der Waals surface area contributed by atoms with Crippen molar-refractivity contribution in [2.24, 2.45) is 7.05 Å². The van der Waals surface area contributed by atoms with Crippen LogP contribution in [-0.4, -0.2) is 26.4 Å². The Morgan fingerprint density at radius 3 is 2.65 bits per heavy atom. The number of amides is 1. The number of anilines is 1. The molecule has 0 aliphatic carbocycles. The van der Waals surface area contributed by atoms with Gasteiger partial charge in [-0.05, 0) is 41.5 Å². The van der Waals surface area contributed by atoms with Crippen molar-refractivity contribution in [2.75, 3.05) is 11.1 Å². The van der Waals surface area contributed by atoms with Crippen LogP contribution in [0.2, 0.25) is 0 Å². The quantitative estimate of drug-likeness (QED) is 0.509. The Morgan fingerprint density at radius 1 is 1.29 bits per heavy atom. The van der Waals surface area contributed by atoms with E-state index in [1.807, 2.05) is 30.7 Å². The van der Waals surface area contributed by atoms with E-state index in [9.17, 15) is 4.79 Å². The largest absolute Gasteiger partial charge is 0.483 e. The van der Waals surface area contributed by atoms with Gasteiger partial charge in [-0.1, -0.05) is 44.7 Å². The van der Waals surface area contributed by atoms with Crippen molar-refractivity contribution >= 4 is 34.0 Å². The summed E-state index contributed by atoms with van der Waals surface area (Å²) < 4.78 is 7.87. The first-order chi connectivity index (χ1) is 14.7. The minimum atomic E-state index is -0.300. The van der Waals surface area contributed by atoms with Gasteiger partial charge >= 0.3 is 0 Å². The summed E-state index contributed by atoms with van der Waals surface area (Å²) in [7, 11) is 1.85. The first-order valence-electron chi connectivity index (χ1n) is 9.75. The highest BCUT2D eigenvalue weighted by molar-refractivity contribution is 7.99. The minimum absolute atomic E-state index is 0.0891. The van der Waals surface area contributed by atoms with Gasteiger partial charge in [-0.2, -0.15) is 5.26 Å². The molecule has 7 nitrogen and oxygen atoms in total. The predicted molar refractivity (Wildman–Crippen MR) is 124 cm³/mol. The van der Waals surface area contributed by atoms with E-state index in [-0.39, 0.29) is 23.2 Å². The van der Waals surface area contributed by atoms with Gasteiger partial charge in [0, 0.05) is 7.05 Å². The Bertz CT molecular complexity index is 1090. The van der Waals surface area contributed by atoms with E-state index in [1.165, 1.54) is 28.7 Å². The summed E-state index contributed by atoms with van der Waals surface area (Å²) in [6.45, 7) is 8.44. The zero-order valence-corrected chi connectivity index (χ0v) is 19.8. The van der Waals surface area contributed by atoms with Crippen LogP contribution in [0.25, 0.3) is 0 Å². The highest BCUT2D eigenvalue weighted by Crippen LogP contribution is 2.28. The first-order valence-corrected chi connectivity index (χ1v) is 11.6. The molecule has 1 amide bonds. The average molecular weight is 456 g/mol. The number of carbonyl (C=O) groups excluding carboxylic acids is 1. The zero-order chi connectivity index (χ0) is 22.6. The molecule has 0 fully saturated rings. The molecule has 0 aliphatic heterocycles. The molecule has 31 heavy (non-hydrogen) atoms. The molecule has 2 aromatic heterocycles. The molecule has 1 unspecified atom stereocenters. The molecule has 0 spiro atoms. The van der Waals surface area contributed by atoms with Crippen LogP contribution < -0.4 is 10.1 Å². The number of hydrogen-bond donors (Lipinski definition) is 1. The summed E-state index contributed by atoms with van der Waals surface area (Å²) in [4.78, 5) is 12.2. The van der Waals surface area contributed by atoms with E-state index in [0.717, 1.165) is 5.75 Å². The molecule has 3 rings (SSSR count). The van der Waals surface area contributed by atoms with Gasteiger partial charge in [-0.3, -0.25) is 4.79 Å². The maximum absolute atomic E-state index is 12.2. The number of thiophene rings is 1. The fraction of sp³-hybridized carbons (Fsp3) is 0.364. The fourth-order valence-electron chi connectivity index (χ4n) is 2.88. The summed E-state index contributed by atoms with van der Waals surface area (Å²) in [5.41, 5.74) is 1.80. The van der Waals surface area contributed by atoms with Crippen LogP contribution in [-0.2, 0) is 17.3 Å². The predicted octanol–water partition coefficient (Wildman–Crippen LogP) is 4.92. The molecule has 9 heteroatoms. The molecule has 1 atom stereocenters. The van der Waals surface area contributed by atoms with Crippen molar-refractivity contribution in [1.29, 1.82) is 5.26 Å². The van der Waals surface area contributed by atoms with E-state index in [4.69, 9.17) is 10.00 Å². The molecule has 0 saturated heterocycles. The number of thioether (sulfide) groups is 1. The lowest BCUT2D eigenvalue weighted by Gasteiger charge is -2.20. The Balaban J connectivity index is 1.59. The van der Waals surface area contributed by atoms with Crippen LogP contribution in [0.4, 0.5) is 5.00 Å². The number of hydrogen-bond acceptors (Lipinski definition) is 7. The molecule has 0 radical (unpaired) electrons. The molecule has 162 valence electrons. The molecule has 3 aromatic rings. The van der Waals surface area contributed by atoms with Crippen molar-refractivity contribution in [3.63, 3.8) is 0 Å². The van der Waals surface area contributed by atoms with E-state index in [0.29, 0.717) is 21.5 Å². The Kier molecular flexibility index (Phi) is 7.03. The van der Waals surface area contributed by atoms with Gasteiger partial charge in [0.2, 0.25) is 5.91 Å². The van der Waals surface area contributed by atoms with E-state index in [2.05, 4.69) is 54.5 Å². The van der Waals surface area contributed by atoms with Gasteiger partial charge in [0.05, 0.1) is 11.3 Å². The topological polar surface area (TPSA) is 92.8 Å².